The Labute approximate surface area is 116 Å². The Morgan fingerprint density at radius 2 is 1.83 bits per heavy atom. The van der Waals surface area contributed by atoms with Crippen LogP contribution in [0.4, 0.5) is 0 Å². The van der Waals surface area contributed by atoms with Crippen molar-refractivity contribution in [1.82, 2.24) is 4.90 Å². The molecule has 3 fully saturated rings. The molecule has 1 heterocycles. The summed E-state index contributed by atoms with van der Waals surface area (Å²) < 4.78 is 0. The number of rotatable bonds is 2. The van der Waals surface area contributed by atoms with Gasteiger partial charge in [-0.25, -0.2) is 0 Å². The second kappa shape index (κ2) is 5.79. The number of amides is 1. The van der Waals surface area contributed by atoms with Gasteiger partial charge >= 0.3 is 0 Å². The van der Waals surface area contributed by atoms with E-state index in [9.17, 15) is 4.79 Å². The highest BCUT2D eigenvalue weighted by Gasteiger charge is 2.40. The average Bonchev–Trinajstić information content (AvgIpc) is 2.68. The van der Waals surface area contributed by atoms with Crippen LogP contribution in [-0.2, 0) is 4.79 Å². The number of fused-ring (bicyclic) bond motifs is 1. The minimum absolute atomic E-state index is 0. The van der Waals surface area contributed by atoms with Crippen molar-refractivity contribution >= 4 is 18.3 Å². The normalized spacial score (nSPS) is 35.6. The van der Waals surface area contributed by atoms with Gasteiger partial charge in [-0.1, -0.05) is 12.8 Å². The number of nitrogens with zero attached hydrogens (tertiary/aromatic N) is 1. The maximum absolute atomic E-state index is 12.2. The molecule has 0 bridgehead atoms. The zero-order valence-corrected chi connectivity index (χ0v) is 11.8. The standard InChI is InChI=1S/C14H24N2O.ClH/c15-13-6-2-5-11-8-16(9-12(11)13)14(17)7-10-3-1-4-10;/h10-13H,1-9,15H2;1H. The summed E-state index contributed by atoms with van der Waals surface area (Å²) in [6.07, 6.45) is 8.37. The van der Waals surface area contributed by atoms with E-state index in [-0.39, 0.29) is 12.4 Å². The molecule has 0 radical (unpaired) electrons. The van der Waals surface area contributed by atoms with Crippen molar-refractivity contribution in [3.8, 4) is 0 Å². The molecule has 1 amide bonds. The predicted octanol–water partition coefficient (Wildman–Crippen LogP) is 2.18. The highest BCUT2D eigenvalue weighted by atomic mass is 35.5. The van der Waals surface area contributed by atoms with Crippen LogP contribution in [-0.4, -0.2) is 29.9 Å². The van der Waals surface area contributed by atoms with Crippen LogP contribution in [0.15, 0.2) is 0 Å². The minimum Gasteiger partial charge on any atom is -0.342 e. The van der Waals surface area contributed by atoms with Crippen molar-refractivity contribution < 1.29 is 4.79 Å². The summed E-state index contributed by atoms with van der Waals surface area (Å²) in [7, 11) is 0. The predicted molar refractivity (Wildman–Crippen MR) is 74.6 cm³/mol. The zero-order chi connectivity index (χ0) is 11.8. The van der Waals surface area contributed by atoms with Crippen LogP contribution in [0.3, 0.4) is 0 Å². The second-order valence-electron chi connectivity index (χ2n) is 6.32. The van der Waals surface area contributed by atoms with E-state index in [1.165, 1.54) is 32.1 Å². The lowest BCUT2D eigenvalue weighted by atomic mass is 9.78. The molecule has 4 heteroatoms. The van der Waals surface area contributed by atoms with Gasteiger partial charge in [0.15, 0.2) is 0 Å². The molecule has 2 N–H and O–H groups in total. The summed E-state index contributed by atoms with van der Waals surface area (Å²) in [5, 5.41) is 0. The first-order valence-electron chi connectivity index (χ1n) is 7.27. The number of hydrogen-bond acceptors (Lipinski definition) is 2. The van der Waals surface area contributed by atoms with E-state index in [1.54, 1.807) is 0 Å². The van der Waals surface area contributed by atoms with Gasteiger partial charge in [-0.3, -0.25) is 4.79 Å². The minimum atomic E-state index is 0. The van der Waals surface area contributed by atoms with Gasteiger partial charge in [-0.15, -0.1) is 12.4 Å². The molecule has 2 aliphatic carbocycles. The van der Waals surface area contributed by atoms with Gasteiger partial charge < -0.3 is 10.6 Å². The fourth-order valence-electron chi connectivity index (χ4n) is 3.79. The Bertz CT molecular complexity index is 306. The number of nitrogens with two attached hydrogens (primary N) is 1. The topological polar surface area (TPSA) is 46.3 Å². The number of carbonyl (C=O) groups excluding carboxylic acids is 1. The molecule has 3 unspecified atom stereocenters. The highest BCUT2D eigenvalue weighted by Crippen LogP contribution is 2.37. The third-order valence-electron chi connectivity index (χ3n) is 5.19. The van der Waals surface area contributed by atoms with Gasteiger partial charge in [-0.05, 0) is 43.4 Å². The van der Waals surface area contributed by atoms with E-state index in [1.807, 2.05) is 0 Å². The molecular formula is C14H25ClN2O. The van der Waals surface area contributed by atoms with E-state index in [0.29, 0.717) is 29.7 Å². The number of carbonyl (C=O) groups is 1. The summed E-state index contributed by atoms with van der Waals surface area (Å²) in [5.74, 6) is 2.38. The number of hydrogen-bond donors (Lipinski definition) is 1. The monoisotopic (exact) mass is 272 g/mol. The van der Waals surface area contributed by atoms with Crippen LogP contribution in [0, 0.1) is 17.8 Å². The molecular weight excluding hydrogens is 248 g/mol. The molecule has 0 aromatic carbocycles. The lowest BCUT2D eigenvalue weighted by Crippen LogP contribution is -2.38. The molecule has 1 saturated heterocycles. The molecule has 1 aliphatic heterocycles. The largest absolute Gasteiger partial charge is 0.342 e. The quantitative estimate of drug-likeness (QED) is 0.838. The first kappa shape index (κ1) is 14.1. The van der Waals surface area contributed by atoms with Gasteiger partial charge in [0.05, 0.1) is 0 Å². The van der Waals surface area contributed by atoms with Gasteiger partial charge in [0.1, 0.15) is 0 Å². The third kappa shape index (κ3) is 2.67. The molecule has 2 saturated carbocycles. The molecule has 3 atom stereocenters. The van der Waals surface area contributed by atoms with Crippen molar-refractivity contribution in [2.24, 2.45) is 23.5 Å². The molecule has 18 heavy (non-hydrogen) atoms. The number of halogens is 1. The van der Waals surface area contributed by atoms with Crippen LogP contribution in [0.5, 0.6) is 0 Å². The molecule has 104 valence electrons. The van der Waals surface area contributed by atoms with Crippen molar-refractivity contribution in [3.05, 3.63) is 0 Å². The van der Waals surface area contributed by atoms with Crippen molar-refractivity contribution in [3.63, 3.8) is 0 Å². The zero-order valence-electron chi connectivity index (χ0n) is 11.0. The van der Waals surface area contributed by atoms with Gasteiger partial charge in [0.25, 0.3) is 0 Å². The van der Waals surface area contributed by atoms with Gasteiger partial charge in [0.2, 0.25) is 5.91 Å². The fraction of sp³-hybridized carbons (Fsp3) is 0.929. The molecule has 0 aromatic heterocycles. The van der Waals surface area contributed by atoms with Crippen LogP contribution in [0.2, 0.25) is 0 Å². The summed E-state index contributed by atoms with van der Waals surface area (Å²) in [6.45, 7) is 1.93. The Kier molecular flexibility index (Phi) is 4.54. The number of likely N-dealkylation sites (tertiary alicyclic amines) is 1. The lowest BCUT2D eigenvalue weighted by Gasteiger charge is -2.29. The first-order chi connectivity index (χ1) is 8.24. The summed E-state index contributed by atoms with van der Waals surface area (Å²) in [5.41, 5.74) is 6.18. The van der Waals surface area contributed by atoms with Crippen LogP contribution < -0.4 is 5.73 Å². The summed E-state index contributed by atoms with van der Waals surface area (Å²) >= 11 is 0. The smallest absolute Gasteiger partial charge is 0.222 e. The van der Waals surface area contributed by atoms with Crippen LogP contribution in [0.25, 0.3) is 0 Å². The Morgan fingerprint density at radius 1 is 1.11 bits per heavy atom. The second-order valence-corrected chi connectivity index (χ2v) is 6.32. The van der Waals surface area contributed by atoms with E-state index in [4.69, 9.17) is 5.73 Å². The molecule has 3 rings (SSSR count). The molecule has 3 nitrogen and oxygen atoms in total. The summed E-state index contributed by atoms with van der Waals surface area (Å²) in [6, 6.07) is 0.343. The van der Waals surface area contributed by atoms with E-state index >= 15 is 0 Å². The highest BCUT2D eigenvalue weighted by molar-refractivity contribution is 5.85. The Morgan fingerprint density at radius 3 is 2.44 bits per heavy atom. The first-order valence-corrected chi connectivity index (χ1v) is 7.27. The molecule has 0 aromatic rings. The van der Waals surface area contributed by atoms with Gasteiger partial charge in [-0.2, -0.15) is 0 Å². The Hall–Kier alpha value is -0.280. The fourth-order valence-corrected chi connectivity index (χ4v) is 3.79. The van der Waals surface area contributed by atoms with Crippen LogP contribution in [0.1, 0.15) is 44.9 Å². The SMILES string of the molecule is Cl.NC1CCCC2CN(C(=O)CC3CCC3)CC12. The molecule has 0 spiro atoms. The van der Waals surface area contributed by atoms with Gasteiger partial charge in [0, 0.05) is 25.6 Å². The van der Waals surface area contributed by atoms with E-state index in [2.05, 4.69) is 4.90 Å². The van der Waals surface area contributed by atoms with E-state index in [0.717, 1.165) is 25.9 Å². The Balaban J connectivity index is 0.00000120. The third-order valence-corrected chi connectivity index (χ3v) is 5.19. The lowest BCUT2D eigenvalue weighted by molar-refractivity contribution is -0.132. The maximum Gasteiger partial charge on any atom is 0.222 e. The van der Waals surface area contributed by atoms with Crippen LogP contribution >= 0.6 is 12.4 Å². The van der Waals surface area contributed by atoms with Crippen molar-refractivity contribution in [1.29, 1.82) is 0 Å². The molecule has 3 aliphatic rings. The van der Waals surface area contributed by atoms with Crippen molar-refractivity contribution in [2.75, 3.05) is 13.1 Å². The average molecular weight is 273 g/mol. The van der Waals surface area contributed by atoms with E-state index < -0.39 is 0 Å². The maximum atomic E-state index is 12.2. The van der Waals surface area contributed by atoms with Crippen molar-refractivity contribution in [2.45, 2.75) is 51.0 Å². The summed E-state index contributed by atoms with van der Waals surface area (Å²) in [4.78, 5) is 14.3.